The molecule has 1 fully saturated rings. The molecule has 8 nitrogen and oxygen atoms in total. The molecule has 1 aliphatic rings. The number of rotatable bonds is 5. The maximum absolute atomic E-state index is 13.6. The summed E-state index contributed by atoms with van der Waals surface area (Å²) in [6.07, 6.45) is -5.52. The van der Waals surface area contributed by atoms with Crippen LogP contribution < -0.4 is 4.90 Å². The normalized spacial score (nSPS) is 15.0. The zero-order valence-electron chi connectivity index (χ0n) is 21.4. The number of anilines is 1. The van der Waals surface area contributed by atoms with Gasteiger partial charge >= 0.3 is 18.3 Å². The first-order valence-electron chi connectivity index (χ1n) is 12.4. The number of fused-ring (bicyclic) bond motifs is 1. The molecule has 216 valence electrons. The van der Waals surface area contributed by atoms with E-state index in [4.69, 9.17) is 0 Å². The molecule has 0 atom stereocenters. The van der Waals surface area contributed by atoms with E-state index in [1.165, 1.54) is 0 Å². The fourth-order valence-corrected chi connectivity index (χ4v) is 5.07. The zero-order valence-corrected chi connectivity index (χ0v) is 21.4. The van der Waals surface area contributed by atoms with Gasteiger partial charge in [-0.3, -0.25) is 14.5 Å². The van der Waals surface area contributed by atoms with E-state index in [9.17, 15) is 35.5 Å². The second kappa shape index (κ2) is 10.6. The molecule has 0 bridgehead atoms. The SMILES string of the molecule is Cn1nccc1-c1nnc(N2CCC(N(Cc3ccc(F)cc3C(F)(F)F)C(=O)C(F)(F)F)CC2)c2cnccc12. The summed E-state index contributed by atoms with van der Waals surface area (Å²) in [5.74, 6) is -3.02. The largest absolute Gasteiger partial charge is 0.471 e. The lowest BCUT2D eigenvalue weighted by Crippen LogP contribution is -2.51. The first kappa shape index (κ1) is 28.2. The highest BCUT2D eigenvalue weighted by Gasteiger charge is 2.46. The summed E-state index contributed by atoms with van der Waals surface area (Å²) in [4.78, 5) is 18.8. The molecule has 1 amide bonds. The monoisotopic (exact) mass is 581 g/mol. The number of hydrogen-bond acceptors (Lipinski definition) is 6. The lowest BCUT2D eigenvalue weighted by Gasteiger charge is -2.39. The molecule has 41 heavy (non-hydrogen) atoms. The van der Waals surface area contributed by atoms with Gasteiger partial charge in [0, 0.05) is 62.1 Å². The van der Waals surface area contributed by atoms with Gasteiger partial charge in [-0.1, -0.05) is 6.07 Å². The van der Waals surface area contributed by atoms with Gasteiger partial charge in [0.1, 0.15) is 11.5 Å². The van der Waals surface area contributed by atoms with Crippen LogP contribution in [0.25, 0.3) is 22.2 Å². The van der Waals surface area contributed by atoms with E-state index in [0.717, 1.165) is 17.5 Å². The van der Waals surface area contributed by atoms with Crippen molar-refractivity contribution >= 4 is 22.5 Å². The standard InChI is InChI=1S/C26H22F7N7O/c1-38-21(5-9-35-38)22-18-4-8-34-13-19(18)23(37-36-22)39-10-6-17(7-11-39)40(24(41)26(31,32)33)14-15-2-3-16(27)12-20(15)25(28,29)30/h2-5,8-9,12-13,17H,6-7,10-11,14H2,1H3. The minimum atomic E-state index is -5.31. The Labute approximate surface area is 228 Å². The molecular formula is C26H22F7N7O. The molecule has 0 aliphatic carbocycles. The van der Waals surface area contributed by atoms with Crippen molar-refractivity contribution in [2.24, 2.45) is 7.05 Å². The maximum atomic E-state index is 13.6. The first-order chi connectivity index (χ1) is 19.3. The van der Waals surface area contributed by atoms with Crippen molar-refractivity contribution in [2.75, 3.05) is 18.0 Å². The average Bonchev–Trinajstić information content (AvgIpc) is 3.36. The molecule has 0 N–H and O–H groups in total. The van der Waals surface area contributed by atoms with Gasteiger partial charge in [0.05, 0.1) is 11.3 Å². The molecule has 1 aliphatic heterocycles. The van der Waals surface area contributed by atoms with Crippen molar-refractivity contribution in [3.05, 3.63) is 65.9 Å². The maximum Gasteiger partial charge on any atom is 0.471 e. The summed E-state index contributed by atoms with van der Waals surface area (Å²) >= 11 is 0. The topological polar surface area (TPSA) is 80.0 Å². The van der Waals surface area contributed by atoms with E-state index < -0.39 is 47.8 Å². The van der Waals surface area contributed by atoms with Crippen LogP contribution in [0.1, 0.15) is 24.0 Å². The van der Waals surface area contributed by atoms with Crippen LogP contribution in [0.4, 0.5) is 36.6 Å². The number of carbonyl (C=O) groups is 1. The predicted molar refractivity (Wildman–Crippen MR) is 133 cm³/mol. The number of amides is 1. The van der Waals surface area contributed by atoms with Gasteiger partial charge in [-0.25, -0.2) is 4.39 Å². The van der Waals surface area contributed by atoms with Crippen LogP contribution in [-0.2, 0) is 24.6 Å². The first-order valence-corrected chi connectivity index (χ1v) is 12.4. The number of aryl methyl sites for hydroxylation is 1. The molecule has 1 saturated heterocycles. The van der Waals surface area contributed by atoms with Crippen molar-refractivity contribution in [1.82, 2.24) is 29.9 Å². The zero-order chi connectivity index (χ0) is 29.5. The number of piperidine rings is 1. The second-order valence-electron chi connectivity index (χ2n) is 9.58. The Morgan fingerprint density at radius 2 is 1.73 bits per heavy atom. The van der Waals surface area contributed by atoms with Crippen molar-refractivity contribution in [3.63, 3.8) is 0 Å². The minimum absolute atomic E-state index is 0.0112. The molecule has 5 rings (SSSR count). The smallest absolute Gasteiger partial charge is 0.354 e. The third-order valence-corrected chi connectivity index (χ3v) is 7.05. The van der Waals surface area contributed by atoms with E-state index in [1.54, 1.807) is 47.4 Å². The molecule has 1 aromatic carbocycles. The Morgan fingerprint density at radius 1 is 1.00 bits per heavy atom. The third kappa shape index (κ3) is 5.65. The number of carbonyl (C=O) groups excluding carboxylic acids is 1. The Balaban J connectivity index is 1.42. The van der Waals surface area contributed by atoms with E-state index in [2.05, 4.69) is 20.3 Å². The Kier molecular flexibility index (Phi) is 7.30. The van der Waals surface area contributed by atoms with Crippen LogP contribution in [0.5, 0.6) is 0 Å². The van der Waals surface area contributed by atoms with Crippen LogP contribution >= 0.6 is 0 Å². The molecule has 0 spiro atoms. The third-order valence-electron chi connectivity index (χ3n) is 7.05. The van der Waals surface area contributed by atoms with E-state index in [-0.39, 0.29) is 32.0 Å². The highest BCUT2D eigenvalue weighted by Crippen LogP contribution is 2.36. The Hall–Kier alpha value is -4.30. The van der Waals surface area contributed by atoms with Gasteiger partial charge in [0.2, 0.25) is 0 Å². The van der Waals surface area contributed by atoms with Gasteiger partial charge in [0.15, 0.2) is 5.82 Å². The fourth-order valence-electron chi connectivity index (χ4n) is 5.07. The fraction of sp³-hybridized carbons (Fsp3) is 0.346. The minimum Gasteiger partial charge on any atom is -0.354 e. The summed E-state index contributed by atoms with van der Waals surface area (Å²) in [5.41, 5.74) is -0.799. The lowest BCUT2D eigenvalue weighted by molar-refractivity contribution is -0.189. The number of hydrogen-bond donors (Lipinski definition) is 0. The molecule has 0 saturated carbocycles. The van der Waals surface area contributed by atoms with Gasteiger partial charge in [-0.15, -0.1) is 10.2 Å². The van der Waals surface area contributed by atoms with E-state index >= 15 is 0 Å². The van der Waals surface area contributed by atoms with Gasteiger partial charge < -0.3 is 9.80 Å². The van der Waals surface area contributed by atoms with Crippen molar-refractivity contribution in [1.29, 1.82) is 0 Å². The van der Waals surface area contributed by atoms with E-state index in [0.29, 0.717) is 27.5 Å². The van der Waals surface area contributed by atoms with Crippen LogP contribution in [0.15, 0.2) is 48.9 Å². The van der Waals surface area contributed by atoms with Crippen LogP contribution in [0, 0.1) is 5.82 Å². The number of benzene rings is 1. The van der Waals surface area contributed by atoms with E-state index in [1.807, 2.05) is 0 Å². The van der Waals surface area contributed by atoms with Crippen LogP contribution in [0.2, 0.25) is 0 Å². The highest BCUT2D eigenvalue weighted by molar-refractivity contribution is 5.99. The molecular weight excluding hydrogens is 559 g/mol. The quantitative estimate of drug-likeness (QED) is 0.304. The lowest BCUT2D eigenvalue weighted by atomic mass is 9.99. The number of aromatic nitrogens is 5. The molecule has 15 heteroatoms. The Bertz CT molecular complexity index is 1580. The predicted octanol–water partition coefficient (Wildman–Crippen LogP) is 5.14. The summed E-state index contributed by atoms with van der Waals surface area (Å²) in [5, 5.41) is 14.2. The number of halogens is 7. The molecule has 0 radical (unpaired) electrons. The van der Waals surface area contributed by atoms with Gasteiger partial charge in [-0.05, 0) is 42.7 Å². The molecule has 0 unspecified atom stereocenters. The van der Waals surface area contributed by atoms with Crippen molar-refractivity contribution < 1.29 is 35.5 Å². The van der Waals surface area contributed by atoms with Crippen molar-refractivity contribution in [3.8, 4) is 11.4 Å². The van der Waals surface area contributed by atoms with Crippen LogP contribution in [-0.4, -0.2) is 61.1 Å². The number of alkyl halides is 6. The molecule has 4 heterocycles. The van der Waals surface area contributed by atoms with Crippen LogP contribution in [0.3, 0.4) is 0 Å². The highest BCUT2D eigenvalue weighted by atomic mass is 19.4. The summed E-state index contributed by atoms with van der Waals surface area (Å²) in [7, 11) is 1.75. The summed E-state index contributed by atoms with van der Waals surface area (Å²) in [6.45, 7) is -0.693. The summed E-state index contributed by atoms with van der Waals surface area (Å²) in [6, 6.07) is 4.18. The Morgan fingerprint density at radius 3 is 2.37 bits per heavy atom. The molecule has 4 aromatic rings. The second-order valence-corrected chi connectivity index (χ2v) is 9.58. The van der Waals surface area contributed by atoms with Crippen molar-refractivity contribution in [2.45, 2.75) is 37.8 Å². The molecule has 3 aromatic heterocycles. The number of nitrogens with zero attached hydrogens (tertiary/aromatic N) is 7. The number of pyridine rings is 1. The average molecular weight is 581 g/mol. The van der Waals surface area contributed by atoms with Gasteiger partial charge in [0.25, 0.3) is 0 Å². The summed E-state index contributed by atoms with van der Waals surface area (Å²) < 4.78 is 96.4. The van der Waals surface area contributed by atoms with Gasteiger partial charge in [-0.2, -0.15) is 31.4 Å².